The summed E-state index contributed by atoms with van der Waals surface area (Å²) in [5.74, 6) is 6.25. The van der Waals surface area contributed by atoms with E-state index >= 15 is 0 Å². The zero-order valence-electron chi connectivity index (χ0n) is 9.39. The summed E-state index contributed by atoms with van der Waals surface area (Å²) in [5.41, 5.74) is 3.98. The molecule has 2 aliphatic rings. The second-order valence-electron chi connectivity index (χ2n) is 4.32. The summed E-state index contributed by atoms with van der Waals surface area (Å²) < 4.78 is 0. The van der Waals surface area contributed by atoms with Crippen molar-refractivity contribution in [1.29, 1.82) is 0 Å². The van der Waals surface area contributed by atoms with Crippen molar-refractivity contribution in [2.24, 2.45) is 10.8 Å². The van der Waals surface area contributed by atoms with Crippen molar-refractivity contribution in [3.8, 4) is 0 Å². The quantitative estimate of drug-likeness (QED) is 0.511. The van der Waals surface area contributed by atoms with Crippen LogP contribution in [0.3, 0.4) is 0 Å². The fourth-order valence-corrected chi connectivity index (χ4v) is 2.53. The summed E-state index contributed by atoms with van der Waals surface area (Å²) in [6.07, 6.45) is 1.92. The molecule has 0 spiro atoms. The SMILES string of the molecule is NNC1=Nc2ccccc2C(=O)N2CCC[C@H]12. The summed E-state index contributed by atoms with van der Waals surface area (Å²) >= 11 is 0. The minimum Gasteiger partial charge on any atom is -0.328 e. The number of nitrogens with two attached hydrogens (primary N) is 1. The molecule has 0 saturated carbocycles. The first-order valence-corrected chi connectivity index (χ1v) is 5.76. The summed E-state index contributed by atoms with van der Waals surface area (Å²) in [5, 5.41) is 0. The number of carbonyl (C=O) groups is 1. The largest absolute Gasteiger partial charge is 0.328 e. The van der Waals surface area contributed by atoms with E-state index in [-0.39, 0.29) is 11.9 Å². The summed E-state index contributed by atoms with van der Waals surface area (Å²) in [6, 6.07) is 7.39. The lowest BCUT2D eigenvalue weighted by molar-refractivity contribution is 0.0771. The van der Waals surface area contributed by atoms with Gasteiger partial charge < -0.3 is 10.3 Å². The number of nitrogens with zero attached hydrogens (tertiary/aromatic N) is 2. The van der Waals surface area contributed by atoms with Crippen LogP contribution in [0.2, 0.25) is 0 Å². The fourth-order valence-electron chi connectivity index (χ4n) is 2.53. The molecule has 0 aliphatic carbocycles. The lowest BCUT2D eigenvalue weighted by atomic mass is 10.1. The molecule has 88 valence electrons. The summed E-state index contributed by atoms with van der Waals surface area (Å²) in [4.78, 5) is 18.7. The third-order valence-electron chi connectivity index (χ3n) is 3.35. The normalized spacial score (nSPS) is 22.6. The van der Waals surface area contributed by atoms with E-state index in [0.717, 1.165) is 19.4 Å². The van der Waals surface area contributed by atoms with E-state index < -0.39 is 0 Å². The maximum absolute atomic E-state index is 12.4. The molecule has 3 N–H and O–H groups in total. The number of benzene rings is 1. The highest BCUT2D eigenvalue weighted by Crippen LogP contribution is 2.29. The highest BCUT2D eigenvalue weighted by atomic mass is 16.2. The molecule has 1 saturated heterocycles. The number of nitrogens with one attached hydrogen (secondary N) is 1. The average Bonchev–Trinajstić information content (AvgIpc) is 2.81. The van der Waals surface area contributed by atoms with Gasteiger partial charge in [0.15, 0.2) is 0 Å². The topological polar surface area (TPSA) is 70.7 Å². The molecule has 1 amide bonds. The van der Waals surface area contributed by atoms with Crippen LogP contribution in [0, 0.1) is 0 Å². The van der Waals surface area contributed by atoms with E-state index in [4.69, 9.17) is 5.84 Å². The first-order chi connectivity index (χ1) is 8.31. The third kappa shape index (κ3) is 1.51. The predicted octanol–water partition coefficient (Wildman–Crippen LogP) is 0.798. The van der Waals surface area contributed by atoms with E-state index in [1.54, 1.807) is 0 Å². The molecule has 1 fully saturated rings. The standard InChI is InChI=1S/C12H14N4O/c13-15-11-10-6-3-7-16(10)12(17)8-4-1-2-5-9(8)14-11/h1-2,4-5,10H,3,6-7,13H2,(H,14,15)/t10-/m1/s1. The Morgan fingerprint density at radius 1 is 1.41 bits per heavy atom. The lowest BCUT2D eigenvalue weighted by Gasteiger charge is -2.23. The van der Waals surface area contributed by atoms with Crippen LogP contribution in [0.1, 0.15) is 23.2 Å². The Morgan fingerprint density at radius 2 is 2.24 bits per heavy atom. The molecule has 0 unspecified atom stereocenters. The van der Waals surface area contributed by atoms with Crippen molar-refractivity contribution >= 4 is 17.4 Å². The number of amides is 1. The number of hydrazine groups is 1. The third-order valence-corrected chi connectivity index (χ3v) is 3.35. The van der Waals surface area contributed by atoms with Crippen LogP contribution in [0.4, 0.5) is 5.69 Å². The van der Waals surface area contributed by atoms with Gasteiger partial charge in [0.1, 0.15) is 5.84 Å². The second kappa shape index (κ2) is 3.85. The molecule has 5 heteroatoms. The van der Waals surface area contributed by atoms with Crippen LogP contribution in [-0.2, 0) is 0 Å². The Morgan fingerprint density at radius 3 is 3.06 bits per heavy atom. The Bertz CT molecular complexity index is 497. The van der Waals surface area contributed by atoms with Crippen LogP contribution >= 0.6 is 0 Å². The van der Waals surface area contributed by atoms with E-state index in [2.05, 4.69) is 10.4 Å². The number of amidine groups is 1. The van der Waals surface area contributed by atoms with Gasteiger partial charge in [0.25, 0.3) is 5.91 Å². The highest BCUT2D eigenvalue weighted by molar-refractivity contribution is 6.06. The summed E-state index contributed by atoms with van der Waals surface area (Å²) in [7, 11) is 0. The smallest absolute Gasteiger partial charge is 0.256 e. The van der Waals surface area contributed by atoms with Crippen LogP contribution in [0.5, 0.6) is 0 Å². The molecule has 1 aromatic carbocycles. The van der Waals surface area contributed by atoms with Crippen molar-refractivity contribution in [1.82, 2.24) is 10.3 Å². The molecule has 3 rings (SSSR count). The van der Waals surface area contributed by atoms with E-state index in [1.165, 1.54) is 0 Å². The second-order valence-corrected chi connectivity index (χ2v) is 4.32. The Labute approximate surface area is 99.3 Å². The number of carbonyl (C=O) groups excluding carboxylic acids is 1. The fraction of sp³-hybridized carbons (Fsp3) is 0.333. The molecule has 5 nitrogen and oxygen atoms in total. The van der Waals surface area contributed by atoms with E-state index in [0.29, 0.717) is 17.1 Å². The zero-order valence-corrected chi connectivity index (χ0v) is 9.39. The van der Waals surface area contributed by atoms with Gasteiger partial charge in [0.05, 0.1) is 17.3 Å². The van der Waals surface area contributed by atoms with Gasteiger partial charge in [-0.15, -0.1) is 0 Å². The maximum Gasteiger partial charge on any atom is 0.256 e. The van der Waals surface area contributed by atoms with Crippen LogP contribution in [0.15, 0.2) is 29.3 Å². The monoisotopic (exact) mass is 230 g/mol. The van der Waals surface area contributed by atoms with Crippen molar-refractivity contribution < 1.29 is 4.79 Å². The van der Waals surface area contributed by atoms with Crippen LogP contribution < -0.4 is 11.3 Å². The number of hydrogen-bond acceptors (Lipinski definition) is 4. The number of fused-ring (bicyclic) bond motifs is 2. The predicted molar refractivity (Wildman–Crippen MR) is 64.9 cm³/mol. The molecule has 2 heterocycles. The number of rotatable bonds is 0. The zero-order chi connectivity index (χ0) is 11.8. The van der Waals surface area contributed by atoms with Crippen molar-refractivity contribution in [3.05, 3.63) is 29.8 Å². The van der Waals surface area contributed by atoms with Gasteiger partial charge in [0.2, 0.25) is 0 Å². The van der Waals surface area contributed by atoms with Crippen molar-refractivity contribution in [3.63, 3.8) is 0 Å². The molecular weight excluding hydrogens is 216 g/mol. The van der Waals surface area contributed by atoms with Gasteiger partial charge in [-0.25, -0.2) is 10.8 Å². The van der Waals surface area contributed by atoms with Crippen molar-refractivity contribution in [2.75, 3.05) is 6.54 Å². The van der Waals surface area contributed by atoms with Crippen molar-refractivity contribution in [2.45, 2.75) is 18.9 Å². The van der Waals surface area contributed by atoms with E-state index in [9.17, 15) is 4.79 Å². The van der Waals surface area contributed by atoms with E-state index in [1.807, 2.05) is 29.2 Å². The highest BCUT2D eigenvalue weighted by Gasteiger charge is 2.35. The molecule has 1 atom stereocenters. The number of aliphatic imine (C=N–C) groups is 1. The van der Waals surface area contributed by atoms with Gasteiger partial charge >= 0.3 is 0 Å². The van der Waals surface area contributed by atoms with Gasteiger partial charge in [0, 0.05) is 6.54 Å². The van der Waals surface area contributed by atoms with Gasteiger partial charge in [-0.1, -0.05) is 12.1 Å². The number of hydrogen-bond donors (Lipinski definition) is 2. The number of para-hydroxylation sites is 1. The molecule has 0 bridgehead atoms. The summed E-state index contributed by atoms with van der Waals surface area (Å²) in [6.45, 7) is 0.776. The molecule has 17 heavy (non-hydrogen) atoms. The first-order valence-electron chi connectivity index (χ1n) is 5.76. The minimum absolute atomic E-state index is 0.0000926. The Balaban J connectivity index is 2.15. The van der Waals surface area contributed by atoms with Gasteiger partial charge in [-0.05, 0) is 25.0 Å². The van der Waals surface area contributed by atoms with Crippen LogP contribution in [-0.4, -0.2) is 29.2 Å². The molecule has 0 aromatic heterocycles. The average molecular weight is 230 g/mol. The van der Waals surface area contributed by atoms with Crippen LogP contribution in [0.25, 0.3) is 0 Å². The Hall–Kier alpha value is -1.88. The minimum atomic E-state index is -0.0000926. The van der Waals surface area contributed by atoms with Gasteiger partial charge in [-0.3, -0.25) is 4.79 Å². The maximum atomic E-state index is 12.4. The lowest BCUT2D eigenvalue weighted by Crippen LogP contribution is -2.47. The molecule has 0 radical (unpaired) electrons. The molecular formula is C12H14N4O. The molecule has 1 aromatic rings. The Kier molecular flexibility index (Phi) is 2.33. The molecule has 2 aliphatic heterocycles. The van der Waals surface area contributed by atoms with Gasteiger partial charge in [-0.2, -0.15) is 0 Å². The first kappa shape index (κ1) is 10.3.